The number of carbonyl (C=O) groups excluding carboxylic acids is 1. The van der Waals surface area contributed by atoms with E-state index >= 15 is 0 Å². The van der Waals surface area contributed by atoms with Crippen LogP contribution in [0.15, 0.2) is 29.2 Å². The summed E-state index contributed by atoms with van der Waals surface area (Å²) in [5, 5.41) is 19.4. The van der Waals surface area contributed by atoms with E-state index in [0.717, 1.165) is 11.8 Å². The number of benzene rings is 1. The molecule has 4 N–H and O–H groups in total. The van der Waals surface area contributed by atoms with Crippen molar-refractivity contribution in [3.63, 3.8) is 0 Å². The van der Waals surface area contributed by atoms with Gasteiger partial charge in [-0.25, -0.2) is 4.39 Å². The molecule has 1 aromatic rings. The fourth-order valence-corrected chi connectivity index (χ4v) is 7.59. The van der Waals surface area contributed by atoms with Crippen LogP contribution in [0, 0.1) is 34.4 Å². The molecule has 8 heteroatoms. The molecule has 2 fully saturated rings. The van der Waals surface area contributed by atoms with E-state index in [4.69, 9.17) is 5.73 Å². The fraction of sp³-hybridized carbons (Fsp3) is 0.550. The number of carboxylic acids is 2. The molecule has 0 heterocycles. The van der Waals surface area contributed by atoms with E-state index in [1.165, 1.54) is 12.1 Å². The Bertz CT molecular complexity index is 833. The lowest BCUT2D eigenvalue weighted by atomic mass is 9.62. The van der Waals surface area contributed by atoms with Gasteiger partial charge in [0.05, 0.1) is 17.9 Å². The molecule has 28 heavy (non-hydrogen) atoms. The number of rotatable bonds is 8. The minimum atomic E-state index is -1.53. The zero-order valence-electron chi connectivity index (χ0n) is 15.7. The Kier molecular flexibility index (Phi) is 5.31. The topological polar surface area (TPSA) is 118 Å². The Hall–Kier alpha value is -1.93. The summed E-state index contributed by atoms with van der Waals surface area (Å²) in [4.78, 5) is 37.7. The average molecular weight is 409 g/mol. The number of aliphatic carboxylic acids is 2. The fourth-order valence-electron chi connectivity index (χ4n) is 5.89. The van der Waals surface area contributed by atoms with Crippen LogP contribution in [0.2, 0.25) is 0 Å². The maximum absolute atomic E-state index is 14.3. The maximum Gasteiger partial charge on any atom is 0.311 e. The van der Waals surface area contributed by atoms with Crippen LogP contribution in [0.4, 0.5) is 4.39 Å². The van der Waals surface area contributed by atoms with Crippen molar-refractivity contribution >= 4 is 29.5 Å². The van der Waals surface area contributed by atoms with E-state index < -0.39 is 57.4 Å². The van der Waals surface area contributed by atoms with Crippen LogP contribution in [0.25, 0.3) is 0 Å². The lowest BCUT2D eigenvalue weighted by Crippen LogP contribution is -2.51. The third-order valence-corrected chi connectivity index (χ3v) is 8.30. The molecular weight excluding hydrogens is 385 g/mol. The minimum Gasteiger partial charge on any atom is -0.481 e. The molecule has 0 aromatic heterocycles. The van der Waals surface area contributed by atoms with Gasteiger partial charge < -0.3 is 15.9 Å². The highest BCUT2D eigenvalue weighted by Gasteiger charge is 2.87. The summed E-state index contributed by atoms with van der Waals surface area (Å²) in [5.74, 6) is -5.51. The largest absolute Gasteiger partial charge is 0.481 e. The molecule has 6 nitrogen and oxygen atoms in total. The maximum atomic E-state index is 14.3. The standard InChI is InChI=1S/C20H24FNO5S/c1-3-19-14(15(19)17(24)25)16(28-12-8-6-5-7-10(12)21)13(11(23)9-22)20(19,4-2)18(26)27/h5-8,13-16H,3-4,9,22H2,1-2H3,(H,24,25)(H,26,27). The van der Waals surface area contributed by atoms with E-state index in [0.29, 0.717) is 6.42 Å². The second kappa shape index (κ2) is 7.15. The molecule has 0 radical (unpaired) electrons. The first-order valence-corrected chi connectivity index (χ1v) is 10.2. The Balaban J connectivity index is 2.19. The summed E-state index contributed by atoms with van der Waals surface area (Å²) in [5.41, 5.74) is 3.03. The smallest absolute Gasteiger partial charge is 0.311 e. The number of Topliss-reactive ketones (excluding diaryl/α,β-unsaturated/α-hetero) is 1. The molecule has 2 aliphatic rings. The van der Waals surface area contributed by atoms with Crippen molar-refractivity contribution in [1.82, 2.24) is 0 Å². The van der Waals surface area contributed by atoms with Crippen molar-refractivity contribution in [3.05, 3.63) is 30.1 Å². The van der Waals surface area contributed by atoms with Crippen LogP contribution >= 0.6 is 11.8 Å². The van der Waals surface area contributed by atoms with Crippen molar-refractivity contribution in [2.75, 3.05) is 6.54 Å². The lowest BCUT2D eigenvalue weighted by Gasteiger charge is -2.40. The van der Waals surface area contributed by atoms with E-state index in [-0.39, 0.29) is 17.9 Å². The number of carbonyl (C=O) groups is 3. The molecule has 6 unspecified atom stereocenters. The van der Waals surface area contributed by atoms with Gasteiger partial charge in [-0.1, -0.05) is 26.0 Å². The zero-order valence-corrected chi connectivity index (χ0v) is 16.5. The van der Waals surface area contributed by atoms with Gasteiger partial charge in [0.25, 0.3) is 0 Å². The summed E-state index contributed by atoms with van der Waals surface area (Å²) in [6.45, 7) is 3.11. The number of halogens is 1. The van der Waals surface area contributed by atoms with Crippen molar-refractivity contribution in [2.45, 2.75) is 36.8 Å². The Labute approximate surface area is 166 Å². The third kappa shape index (κ3) is 2.47. The second-order valence-electron chi connectivity index (χ2n) is 7.53. The quantitative estimate of drug-likeness (QED) is 0.604. The monoisotopic (exact) mass is 409 g/mol. The molecule has 2 saturated carbocycles. The van der Waals surface area contributed by atoms with Gasteiger partial charge in [0.1, 0.15) is 5.82 Å². The number of nitrogens with two attached hydrogens (primary N) is 1. The van der Waals surface area contributed by atoms with Gasteiger partial charge in [-0.05, 0) is 30.9 Å². The van der Waals surface area contributed by atoms with Crippen LogP contribution in [-0.4, -0.2) is 39.7 Å². The molecule has 3 rings (SSSR count). The van der Waals surface area contributed by atoms with Crippen LogP contribution in [0.1, 0.15) is 26.7 Å². The molecule has 0 amide bonds. The number of hydrogen-bond acceptors (Lipinski definition) is 5. The van der Waals surface area contributed by atoms with Gasteiger partial charge in [0, 0.05) is 21.5 Å². The summed E-state index contributed by atoms with van der Waals surface area (Å²) in [6.07, 6.45) is 0.429. The molecule has 1 aromatic carbocycles. The molecule has 2 aliphatic carbocycles. The average Bonchev–Trinajstić information content (AvgIpc) is 3.29. The van der Waals surface area contributed by atoms with Gasteiger partial charge in [-0.2, -0.15) is 0 Å². The Morgan fingerprint density at radius 2 is 1.79 bits per heavy atom. The number of carboxylic acid groups (broad SMARTS) is 2. The van der Waals surface area contributed by atoms with E-state index in [1.807, 2.05) is 0 Å². The number of fused-ring (bicyclic) bond motifs is 1. The molecular formula is C20H24FNO5S. The van der Waals surface area contributed by atoms with Crippen molar-refractivity contribution in [1.29, 1.82) is 0 Å². The molecule has 0 saturated heterocycles. The number of hydrogen-bond donors (Lipinski definition) is 3. The predicted molar refractivity (Wildman–Crippen MR) is 101 cm³/mol. The van der Waals surface area contributed by atoms with Crippen LogP contribution in [-0.2, 0) is 14.4 Å². The normalized spacial score (nSPS) is 36.0. The van der Waals surface area contributed by atoms with Gasteiger partial charge in [-0.3, -0.25) is 14.4 Å². The van der Waals surface area contributed by atoms with E-state index in [9.17, 15) is 29.0 Å². The van der Waals surface area contributed by atoms with Crippen LogP contribution < -0.4 is 5.73 Å². The first kappa shape index (κ1) is 20.8. The second-order valence-corrected chi connectivity index (χ2v) is 8.75. The summed E-state index contributed by atoms with van der Waals surface area (Å²) in [7, 11) is 0. The van der Waals surface area contributed by atoms with Crippen LogP contribution in [0.3, 0.4) is 0 Å². The highest BCUT2D eigenvalue weighted by molar-refractivity contribution is 8.00. The van der Waals surface area contributed by atoms with Gasteiger partial charge in [0.2, 0.25) is 0 Å². The van der Waals surface area contributed by atoms with E-state index in [1.54, 1.807) is 26.0 Å². The molecule has 0 aliphatic heterocycles. The molecule has 0 bridgehead atoms. The predicted octanol–water partition coefficient (Wildman–Crippen LogP) is 2.65. The SMILES string of the molecule is CCC1(C(=O)O)C(C(=O)CN)C(Sc2ccccc2F)C2C(C(=O)O)C21CC. The highest BCUT2D eigenvalue weighted by Crippen LogP contribution is 2.82. The van der Waals surface area contributed by atoms with Gasteiger partial charge in [-0.15, -0.1) is 11.8 Å². The first-order valence-electron chi connectivity index (χ1n) is 9.34. The van der Waals surface area contributed by atoms with Crippen molar-refractivity contribution in [2.24, 2.45) is 34.3 Å². The number of ketones is 1. The van der Waals surface area contributed by atoms with Crippen molar-refractivity contribution in [3.8, 4) is 0 Å². The highest BCUT2D eigenvalue weighted by atomic mass is 32.2. The summed E-state index contributed by atoms with van der Waals surface area (Å²) in [6, 6.07) is 6.04. The van der Waals surface area contributed by atoms with Crippen molar-refractivity contribution < 1.29 is 29.0 Å². The Morgan fingerprint density at radius 3 is 2.25 bits per heavy atom. The van der Waals surface area contributed by atoms with Gasteiger partial charge >= 0.3 is 11.9 Å². The molecule has 152 valence electrons. The summed E-state index contributed by atoms with van der Waals surface area (Å²) < 4.78 is 14.3. The Morgan fingerprint density at radius 1 is 1.14 bits per heavy atom. The first-order chi connectivity index (χ1) is 13.2. The molecule has 6 atom stereocenters. The summed E-state index contributed by atoms with van der Waals surface area (Å²) >= 11 is 1.07. The zero-order chi connectivity index (χ0) is 20.9. The molecule has 0 spiro atoms. The minimum absolute atomic E-state index is 0.112. The lowest BCUT2D eigenvalue weighted by molar-refractivity contribution is -0.163. The third-order valence-electron chi connectivity index (χ3n) is 6.88. The van der Waals surface area contributed by atoms with Gasteiger partial charge in [0.15, 0.2) is 5.78 Å². The van der Waals surface area contributed by atoms with Crippen LogP contribution in [0.5, 0.6) is 0 Å². The van der Waals surface area contributed by atoms with E-state index in [2.05, 4.69) is 0 Å². The number of thioether (sulfide) groups is 1.